The van der Waals surface area contributed by atoms with Crippen molar-refractivity contribution in [1.29, 1.82) is 0 Å². The highest BCUT2D eigenvalue weighted by Crippen LogP contribution is 2.25. The molecule has 0 spiro atoms. The number of carbonyl (C=O) groups excluding carboxylic acids is 2. The van der Waals surface area contributed by atoms with Crippen LogP contribution < -0.4 is 0 Å². The molecular weight excluding hydrogens is 309 g/mol. The molecule has 22 heavy (non-hydrogen) atoms. The molecule has 0 bridgehead atoms. The average Bonchev–Trinajstić information content (AvgIpc) is 3.14. The standard InChI is InChI=1S/C14H12FN3O3S/c15-10-5-2-1-4-9(10)13-16-17-14(21-13)22-8-12(20)18-7-3-6-11(18)19/h1-2,4-5H,3,6-8H2. The molecule has 8 heteroatoms. The van der Waals surface area contributed by atoms with Crippen LogP contribution in [-0.2, 0) is 9.59 Å². The number of likely N-dealkylation sites (tertiary alicyclic amines) is 1. The Bertz CT molecular complexity index is 719. The van der Waals surface area contributed by atoms with Crippen molar-refractivity contribution >= 4 is 23.6 Å². The number of imide groups is 1. The number of rotatable bonds is 4. The van der Waals surface area contributed by atoms with Crippen LogP contribution in [0.2, 0.25) is 0 Å². The molecule has 2 heterocycles. The number of amides is 2. The molecule has 1 aromatic carbocycles. The zero-order valence-electron chi connectivity index (χ0n) is 11.5. The van der Waals surface area contributed by atoms with Crippen molar-refractivity contribution in [2.24, 2.45) is 0 Å². The summed E-state index contributed by atoms with van der Waals surface area (Å²) >= 11 is 1.03. The lowest BCUT2D eigenvalue weighted by Crippen LogP contribution is -2.33. The van der Waals surface area contributed by atoms with Gasteiger partial charge in [-0.15, -0.1) is 10.2 Å². The van der Waals surface area contributed by atoms with E-state index in [0.29, 0.717) is 19.4 Å². The molecule has 1 saturated heterocycles. The Balaban J connectivity index is 1.64. The Morgan fingerprint density at radius 1 is 1.36 bits per heavy atom. The summed E-state index contributed by atoms with van der Waals surface area (Å²) in [6, 6.07) is 6.06. The summed E-state index contributed by atoms with van der Waals surface area (Å²) in [5.41, 5.74) is 0.211. The number of halogens is 1. The number of hydrogen-bond donors (Lipinski definition) is 0. The second-order valence-electron chi connectivity index (χ2n) is 4.68. The summed E-state index contributed by atoms with van der Waals surface area (Å²) in [5.74, 6) is -0.793. The highest BCUT2D eigenvalue weighted by atomic mass is 32.2. The van der Waals surface area contributed by atoms with Crippen LogP contribution in [-0.4, -0.2) is 39.2 Å². The smallest absolute Gasteiger partial charge is 0.277 e. The van der Waals surface area contributed by atoms with Crippen LogP contribution in [0.15, 0.2) is 33.9 Å². The molecule has 2 amide bonds. The number of nitrogens with zero attached hydrogens (tertiary/aromatic N) is 3. The van der Waals surface area contributed by atoms with Gasteiger partial charge in [0.15, 0.2) is 0 Å². The van der Waals surface area contributed by atoms with Crippen molar-refractivity contribution in [2.75, 3.05) is 12.3 Å². The van der Waals surface area contributed by atoms with Gasteiger partial charge in [0.1, 0.15) is 5.82 Å². The summed E-state index contributed by atoms with van der Waals surface area (Å²) in [7, 11) is 0. The SMILES string of the molecule is O=C1CCCN1C(=O)CSc1nnc(-c2ccccc2F)o1. The van der Waals surface area contributed by atoms with Crippen LogP contribution in [0.4, 0.5) is 4.39 Å². The fourth-order valence-corrected chi connectivity index (χ4v) is 2.76. The van der Waals surface area contributed by atoms with E-state index in [0.717, 1.165) is 11.8 Å². The molecule has 0 atom stereocenters. The summed E-state index contributed by atoms with van der Waals surface area (Å²) < 4.78 is 18.9. The van der Waals surface area contributed by atoms with Crippen molar-refractivity contribution in [1.82, 2.24) is 15.1 Å². The second-order valence-corrected chi connectivity index (χ2v) is 5.61. The quantitative estimate of drug-likeness (QED) is 0.803. The van der Waals surface area contributed by atoms with E-state index < -0.39 is 5.82 Å². The number of aromatic nitrogens is 2. The number of benzene rings is 1. The molecule has 0 unspecified atom stereocenters. The topological polar surface area (TPSA) is 76.3 Å². The van der Waals surface area contributed by atoms with Gasteiger partial charge in [0.05, 0.1) is 11.3 Å². The number of thioether (sulfide) groups is 1. The number of hydrogen-bond acceptors (Lipinski definition) is 6. The molecule has 6 nitrogen and oxygen atoms in total. The van der Waals surface area contributed by atoms with E-state index in [4.69, 9.17) is 4.42 Å². The molecular formula is C14H12FN3O3S. The lowest BCUT2D eigenvalue weighted by atomic mass is 10.2. The fourth-order valence-electron chi connectivity index (χ4n) is 2.12. The van der Waals surface area contributed by atoms with Crippen LogP contribution in [0.5, 0.6) is 0 Å². The molecule has 0 saturated carbocycles. The van der Waals surface area contributed by atoms with Crippen molar-refractivity contribution < 1.29 is 18.4 Å². The van der Waals surface area contributed by atoms with E-state index in [9.17, 15) is 14.0 Å². The third kappa shape index (κ3) is 3.01. The number of carbonyl (C=O) groups is 2. The molecule has 1 aromatic heterocycles. The van der Waals surface area contributed by atoms with Gasteiger partial charge in [0.2, 0.25) is 11.8 Å². The van der Waals surface area contributed by atoms with E-state index in [1.165, 1.54) is 17.0 Å². The normalized spacial score (nSPS) is 14.6. The largest absolute Gasteiger partial charge is 0.411 e. The molecule has 0 N–H and O–H groups in total. The molecule has 1 aliphatic rings. The van der Waals surface area contributed by atoms with E-state index in [1.807, 2.05) is 0 Å². The first-order chi connectivity index (χ1) is 10.6. The Kier molecular flexibility index (Phi) is 4.19. The summed E-state index contributed by atoms with van der Waals surface area (Å²) in [6.07, 6.45) is 1.11. The van der Waals surface area contributed by atoms with Crippen LogP contribution >= 0.6 is 11.8 Å². The van der Waals surface area contributed by atoms with Gasteiger partial charge in [-0.2, -0.15) is 0 Å². The molecule has 0 aliphatic carbocycles. The van der Waals surface area contributed by atoms with Crippen molar-refractivity contribution in [3.8, 4) is 11.5 Å². The minimum absolute atomic E-state index is 0.0324. The third-order valence-corrected chi connectivity index (χ3v) is 4.01. The van der Waals surface area contributed by atoms with Crippen molar-refractivity contribution in [2.45, 2.75) is 18.1 Å². The lowest BCUT2D eigenvalue weighted by Gasteiger charge is -2.11. The molecule has 0 radical (unpaired) electrons. The van der Waals surface area contributed by atoms with E-state index in [2.05, 4.69) is 10.2 Å². The monoisotopic (exact) mass is 321 g/mol. The molecule has 1 aliphatic heterocycles. The van der Waals surface area contributed by atoms with Gasteiger partial charge in [-0.1, -0.05) is 23.9 Å². The van der Waals surface area contributed by atoms with Gasteiger partial charge in [0.25, 0.3) is 11.1 Å². The zero-order valence-corrected chi connectivity index (χ0v) is 12.3. The third-order valence-electron chi connectivity index (χ3n) is 3.20. The zero-order chi connectivity index (χ0) is 15.5. The van der Waals surface area contributed by atoms with Crippen molar-refractivity contribution in [3.63, 3.8) is 0 Å². The maximum Gasteiger partial charge on any atom is 0.277 e. The van der Waals surface area contributed by atoms with E-state index >= 15 is 0 Å². The second kappa shape index (κ2) is 6.27. The van der Waals surface area contributed by atoms with Crippen LogP contribution in [0.1, 0.15) is 12.8 Å². The molecule has 1 fully saturated rings. The Labute approximate surface area is 129 Å². The van der Waals surface area contributed by atoms with Gasteiger partial charge < -0.3 is 4.42 Å². The van der Waals surface area contributed by atoms with Gasteiger partial charge in [0, 0.05) is 13.0 Å². The van der Waals surface area contributed by atoms with Crippen LogP contribution in [0.25, 0.3) is 11.5 Å². The van der Waals surface area contributed by atoms with Gasteiger partial charge in [-0.05, 0) is 18.6 Å². The molecule has 3 rings (SSSR count). The predicted octanol–water partition coefficient (Wildman–Crippen LogP) is 2.12. The summed E-state index contributed by atoms with van der Waals surface area (Å²) in [4.78, 5) is 24.6. The fraction of sp³-hybridized carbons (Fsp3) is 0.286. The highest BCUT2D eigenvalue weighted by Gasteiger charge is 2.26. The van der Waals surface area contributed by atoms with E-state index in [1.54, 1.807) is 12.1 Å². The maximum atomic E-state index is 13.6. The molecule has 2 aromatic rings. The Morgan fingerprint density at radius 2 is 2.18 bits per heavy atom. The minimum atomic E-state index is -0.457. The lowest BCUT2D eigenvalue weighted by molar-refractivity contribution is -0.140. The van der Waals surface area contributed by atoms with E-state index in [-0.39, 0.29) is 34.2 Å². The first kappa shape index (κ1) is 14.7. The van der Waals surface area contributed by atoms with Crippen LogP contribution in [0, 0.1) is 5.82 Å². The highest BCUT2D eigenvalue weighted by molar-refractivity contribution is 7.99. The predicted molar refractivity (Wildman–Crippen MR) is 76.4 cm³/mol. The average molecular weight is 321 g/mol. The van der Waals surface area contributed by atoms with Crippen LogP contribution in [0.3, 0.4) is 0 Å². The van der Waals surface area contributed by atoms with Crippen molar-refractivity contribution in [3.05, 3.63) is 30.1 Å². The maximum absolute atomic E-state index is 13.6. The Morgan fingerprint density at radius 3 is 2.91 bits per heavy atom. The van der Waals surface area contributed by atoms with Gasteiger partial charge in [-0.25, -0.2) is 4.39 Å². The first-order valence-electron chi connectivity index (χ1n) is 6.69. The van der Waals surface area contributed by atoms with Gasteiger partial charge in [-0.3, -0.25) is 14.5 Å². The summed E-state index contributed by atoms with van der Waals surface area (Å²) in [5, 5.41) is 7.71. The van der Waals surface area contributed by atoms with Gasteiger partial charge >= 0.3 is 0 Å². The first-order valence-corrected chi connectivity index (χ1v) is 7.68. The summed E-state index contributed by atoms with van der Waals surface area (Å²) in [6.45, 7) is 0.461. The molecule has 114 valence electrons. The Hall–Kier alpha value is -2.22. The minimum Gasteiger partial charge on any atom is -0.411 e.